The van der Waals surface area contributed by atoms with E-state index in [0.717, 1.165) is 6.08 Å². The number of halogens is 4. The highest BCUT2D eigenvalue weighted by atomic mass is 35.5. The molecule has 3 aromatic heterocycles. The fourth-order valence-corrected chi connectivity index (χ4v) is 2.79. The van der Waals surface area contributed by atoms with Gasteiger partial charge in [0.05, 0.1) is 17.4 Å². The van der Waals surface area contributed by atoms with E-state index in [4.69, 9.17) is 11.6 Å². The molecule has 0 bridgehead atoms. The van der Waals surface area contributed by atoms with Gasteiger partial charge < -0.3 is 0 Å². The van der Waals surface area contributed by atoms with Gasteiger partial charge >= 0.3 is 6.18 Å². The van der Waals surface area contributed by atoms with Gasteiger partial charge in [0.15, 0.2) is 11.1 Å². The maximum Gasteiger partial charge on any atom is 0.433 e. The lowest BCUT2D eigenvalue weighted by molar-refractivity contribution is -0.141. The maximum atomic E-state index is 13.1. The van der Waals surface area contributed by atoms with Crippen molar-refractivity contribution < 1.29 is 13.2 Å². The van der Waals surface area contributed by atoms with Crippen LogP contribution in [0.25, 0.3) is 11.7 Å². The van der Waals surface area contributed by atoms with Crippen LogP contribution in [0, 0.1) is 0 Å². The molecule has 11 heteroatoms. The Labute approximate surface area is 158 Å². The van der Waals surface area contributed by atoms with E-state index in [1.807, 2.05) is 10.2 Å². The molecule has 1 aromatic carbocycles. The first-order valence-electron chi connectivity index (χ1n) is 7.85. The zero-order valence-corrected chi connectivity index (χ0v) is 14.6. The minimum absolute atomic E-state index is 0.235. The molecule has 0 spiro atoms. The van der Waals surface area contributed by atoms with Crippen LogP contribution in [0.1, 0.15) is 11.3 Å². The monoisotopic (exact) mass is 406 g/mol. The first kappa shape index (κ1) is 18.0. The largest absolute Gasteiger partial charge is 0.433 e. The Morgan fingerprint density at radius 1 is 1.21 bits per heavy atom. The number of nitrogens with one attached hydrogen (secondary N) is 2. The van der Waals surface area contributed by atoms with Crippen molar-refractivity contribution in [3.63, 3.8) is 0 Å². The summed E-state index contributed by atoms with van der Waals surface area (Å²) in [5, 5.41) is 8.58. The smallest absolute Gasteiger partial charge is 0.293 e. The fraction of sp³-hybridized carbons (Fsp3) is 0.0588. The van der Waals surface area contributed by atoms with E-state index in [2.05, 4.69) is 15.1 Å². The van der Waals surface area contributed by atoms with E-state index in [9.17, 15) is 18.0 Å². The first-order valence-corrected chi connectivity index (χ1v) is 8.23. The van der Waals surface area contributed by atoms with Crippen molar-refractivity contribution in [3.05, 3.63) is 80.1 Å². The zero-order valence-electron chi connectivity index (χ0n) is 13.8. The van der Waals surface area contributed by atoms with E-state index in [1.54, 1.807) is 36.5 Å². The Morgan fingerprint density at radius 3 is 2.79 bits per heavy atom. The van der Waals surface area contributed by atoms with Crippen molar-refractivity contribution in [3.8, 4) is 0 Å². The third-order valence-corrected chi connectivity index (χ3v) is 4.07. The van der Waals surface area contributed by atoms with Crippen LogP contribution in [0.3, 0.4) is 0 Å². The van der Waals surface area contributed by atoms with Crippen LogP contribution in [0.5, 0.6) is 0 Å². The van der Waals surface area contributed by atoms with Crippen LogP contribution in [0.15, 0.2) is 52.5 Å². The number of H-pyrrole nitrogens is 2. The van der Waals surface area contributed by atoms with E-state index in [-0.39, 0.29) is 10.9 Å². The second-order valence-corrected chi connectivity index (χ2v) is 6.19. The molecule has 28 heavy (non-hydrogen) atoms. The second-order valence-electron chi connectivity index (χ2n) is 5.76. The van der Waals surface area contributed by atoms with Gasteiger partial charge in [-0.25, -0.2) is 14.5 Å². The molecule has 0 saturated heterocycles. The minimum atomic E-state index is -4.71. The van der Waals surface area contributed by atoms with Crippen LogP contribution in [-0.2, 0) is 6.18 Å². The lowest BCUT2D eigenvalue weighted by atomic mass is 10.2. The van der Waals surface area contributed by atoms with Crippen LogP contribution in [0.4, 0.5) is 18.9 Å². The topological polar surface area (TPSA) is 91.2 Å². The molecule has 0 amide bonds. The molecule has 2 N–H and O–H groups in total. The number of aromatic nitrogens is 5. The summed E-state index contributed by atoms with van der Waals surface area (Å²) in [5.74, 6) is 0. The molecule has 4 rings (SSSR count). The van der Waals surface area contributed by atoms with Crippen LogP contribution in [-0.4, -0.2) is 24.8 Å². The van der Waals surface area contributed by atoms with Gasteiger partial charge in [-0.2, -0.15) is 18.3 Å². The van der Waals surface area contributed by atoms with Gasteiger partial charge in [0, 0.05) is 22.5 Å². The normalized spacial score (nSPS) is 13.6. The molecule has 7 nitrogen and oxygen atoms in total. The number of fused-ring (bicyclic) bond motifs is 1. The molecular formula is C17H10ClF3N6O. The maximum absolute atomic E-state index is 13.1. The third kappa shape index (κ3) is 3.41. The molecule has 0 aliphatic carbocycles. The van der Waals surface area contributed by atoms with Crippen LogP contribution in [0.2, 0.25) is 5.02 Å². The molecule has 0 atom stereocenters. The van der Waals surface area contributed by atoms with Gasteiger partial charge in [-0.3, -0.25) is 15.0 Å². The number of alkyl halides is 3. The number of nitrogens with zero attached hydrogens (tertiary/aromatic N) is 4. The predicted molar refractivity (Wildman–Crippen MR) is 94.9 cm³/mol. The van der Waals surface area contributed by atoms with Crippen molar-refractivity contribution in [2.24, 2.45) is 4.99 Å². The van der Waals surface area contributed by atoms with Gasteiger partial charge in [-0.15, -0.1) is 0 Å². The average molecular weight is 407 g/mol. The summed E-state index contributed by atoms with van der Waals surface area (Å²) < 4.78 is 40.6. The highest BCUT2D eigenvalue weighted by molar-refractivity contribution is 6.30. The van der Waals surface area contributed by atoms with Gasteiger partial charge in [0.2, 0.25) is 0 Å². The molecule has 142 valence electrons. The molecular weight excluding hydrogens is 397 g/mol. The Balaban J connectivity index is 1.90. The molecule has 4 aromatic rings. The van der Waals surface area contributed by atoms with Crippen molar-refractivity contribution in [2.45, 2.75) is 6.18 Å². The Morgan fingerprint density at radius 2 is 2.04 bits per heavy atom. The van der Waals surface area contributed by atoms with Crippen molar-refractivity contribution in [1.82, 2.24) is 24.8 Å². The summed E-state index contributed by atoms with van der Waals surface area (Å²) in [4.78, 5) is 20.4. The second kappa shape index (κ2) is 6.64. The summed E-state index contributed by atoms with van der Waals surface area (Å²) in [6.07, 6.45) is -0.752. The lowest BCUT2D eigenvalue weighted by Crippen LogP contribution is -2.15. The van der Waals surface area contributed by atoms with Crippen LogP contribution < -0.4 is 16.3 Å². The van der Waals surface area contributed by atoms with E-state index < -0.39 is 23.0 Å². The number of benzene rings is 1. The first-order chi connectivity index (χ1) is 13.3. The Bertz CT molecular complexity index is 1350. The third-order valence-electron chi connectivity index (χ3n) is 3.83. The predicted octanol–water partition coefficient (Wildman–Crippen LogP) is 2.20. The Kier molecular flexibility index (Phi) is 4.27. The Hall–Kier alpha value is -3.40. The quantitative estimate of drug-likeness (QED) is 0.534. The number of rotatable bonds is 2. The number of hydrogen-bond donors (Lipinski definition) is 2. The SMILES string of the molecule is O=c1[nH][nH]c(C(F)(F)F)c1C=c1cnn2ccc(=Nc3cccc(Cl)c3)nc12. The highest BCUT2D eigenvalue weighted by Crippen LogP contribution is 2.28. The summed E-state index contributed by atoms with van der Waals surface area (Å²) in [6, 6.07) is 8.40. The summed E-state index contributed by atoms with van der Waals surface area (Å²) in [6.45, 7) is 0. The van der Waals surface area contributed by atoms with Crippen molar-refractivity contribution in [2.75, 3.05) is 0 Å². The van der Waals surface area contributed by atoms with Crippen LogP contribution >= 0.6 is 11.6 Å². The fourth-order valence-electron chi connectivity index (χ4n) is 2.60. The summed E-state index contributed by atoms with van der Waals surface area (Å²) in [5.41, 5.74) is -1.50. The average Bonchev–Trinajstić information content (AvgIpc) is 3.19. The van der Waals surface area contributed by atoms with E-state index >= 15 is 0 Å². The van der Waals surface area contributed by atoms with E-state index in [0.29, 0.717) is 16.2 Å². The number of hydrogen-bond acceptors (Lipinski definition) is 4. The molecule has 0 saturated carbocycles. The van der Waals surface area contributed by atoms with Gasteiger partial charge in [0.25, 0.3) is 5.56 Å². The van der Waals surface area contributed by atoms with E-state index in [1.165, 1.54) is 10.7 Å². The summed E-state index contributed by atoms with van der Waals surface area (Å²) in [7, 11) is 0. The van der Waals surface area contributed by atoms with Gasteiger partial charge in [-0.05, 0) is 24.3 Å². The molecule has 0 radical (unpaired) electrons. The molecule has 0 aliphatic rings. The molecule has 0 unspecified atom stereocenters. The molecule has 0 aliphatic heterocycles. The molecule has 0 fully saturated rings. The highest BCUT2D eigenvalue weighted by Gasteiger charge is 2.36. The lowest BCUT2D eigenvalue weighted by Gasteiger charge is -2.03. The molecule has 3 heterocycles. The summed E-state index contributed by atoms with van der Waals surface area (Å²) >= 11 is 5.93. The standard InChI is InChI=1S/C17H10ClF3N6O/c18-10-2-1-3-11(7-10)23-13-4-5-27-15(24-13)9(8-22-27)6-12-14(17(19,20)21)25-26-16(12)28/h1-8H,(H2,25,26,28). The number of aromatic amines is 2. The van der Waals surface area contributed by atoms with Crippen molar-refractivity contribution >= 4 is 29.0 Å². The van der Waals surface area contributed by atoms with Crippen molar-refractivity contribution in [1.29, 1.82) is 0 Å². The van der Waals surface area contributed by atoms with Gasteiger partial charge in [0.1, 0.15) is 5.69 Å². The zero-order chi connectivity index (χ0) is 19.9. The van der Waals surface area contributed by atoms with Gasteiger partial charge in [-0.1, -0.05) is 17.7 Å². The minimum Gasteiger partial charge on any atom is -0.293 e.